The quantitative estimate of drug-likeness (QED) is 0.569. The van der Waals surface area contributed by atoms with E-state index in [1.165, 1.54) is 16.0 Å². The number of hydrogen-bond donors (Lipinski definition) is 0. The molecule has 1 nitrogen and oxygen atoms in total. The predicted octanol–water partition coefficient (Wildman–Crippen LogP) is 4.98. The number of carbonyl (C=O) groups is 1. The summed E-state index contributed by atoms with van der Waals surface area (Å²) in [5.74, 6) is 0.117. The molecule has 2 aromatic rings. The van der Waals surface area contributed by atoms with Crippen LogP contribution in [0.15, 0.2) is 53.4 Å². The van der Waals surface area contributed by atoms with Crippen molar-refractivity contribution < 1.29 is 4.79 Å². The molecule has 0 fully saturated rings. The molecular weight excluding hydrogens is 264 g/mol. The first-order chi connectivity index (χ1) is 9.54. The second kappa shape index (κ2) is 6.76. The fraction of sp³-hybridized carbons (Fsp3) is 0.278. The molecule has 2 rings (SSSR count). The molecule has 0 aliphatic carbocycles. The fourth-order valence-corrected chi connectivity index (χ4v) is 2.89. The number of Topliss-reactive ketones (excluding diaryl/α,β-unsaturated/α-hetero) is 1. The van der Waals surface area contributed by atoms with Crippen LogP contribution in [0.2, 0.25) is 0 Å². The molecule has 0 spiro atoms. The Morgan fingerprint density at radius 2 is 1.45 bits per heavy atom. The molecule has 0 saturated carbocycles. The molecule has 2 heteroatoms. The average Bonchev–Trinajstić information content (AvgIpc) is 2.41. The molecule has 0 saturated heterocycles. The summed E-state index contributed by atoms with van der Waals surface area (Å²) in [4.78, 5) is 12.6. The van der Waals surface area contributed by atoms with Gasteiger partial charge in [0, 0.05) is 15.7 Å². The molecule has 0 unspecified atom stereocenters. The van der Waals surface area contributed by atoms with Gasteiger partial charge in [-0.05, 0) is 36.6 Å². The summed E-state index contributed by atoms with van der Waals surface area (Å²) in [5, 5.41) is 0.611. The van der Waals surface area contributed by atoms with Crippen molar-refractivity contribution in [3.63, 3.8) is 0 Å². The van der Waals surface area contributed by atoms with Crippen LogP contribution in [0.5, 0.6) is 0 Å². The van der Waals surface area contributed by atoms with Crippen molar-refractivity contribution in [3.8, 4) is 0 Å². The number of carbonyl (C=O) groups excluding carboxylic acids is 1. The van der Waals surface area contributed by atoms with Crippen LogP contribution in [0.25, 0.3) is 0 Å². The molecule has 0 aromatic heterocycles. The third-order valence-electron chi connectivity index (χ3n) is 3.06. The molecule has 0 aliphatic rings. The van der Waals surface area contributed by atoms with Crippen LogP contribution in [-0.2, 0) is 6.42 Å². The minimum absolute atomic E-state index is 0.117. The number of benzene rings is 2. The highest BCUT2D eigenvalue weighted by atomic mass is 32.2. The number of hydrogen-bond acceptors (Lipinski definition) is 2. The molecule has 0 atom stereocenters. The Labute approximate surface area is 125 Å². The second-order valence-corrected chi connectivity index (χ2v) is 6.89. The highest BCUT2D eigenvalue weighted by Crippen LogP contribution is 2.23. The molecule has 0 radical (unpaired) electrons. The summed E-state index contributed by atoms with van der Waals surface area (Å²) in [6.07, 6.45) is 0.908. The molecule has 0 amide bonds. The molecule has 0 aliphatic heterocycles. The lowest BCUT2D eigenvalue weighted by Crippen LogP contribution is -1.93. The van der Waals surface area contributed by atoms with Gasteiger partial charge < -0.3 is 0 Å². The molecular formula is C18H20OS. The second-order valence-electron chi connectivity index (χ2n) is 5.24. The number of ketones is 1. The van der Waals surface area contributed by atoms with E-state index in [0.29, 0.717) is 5.25 Å². The maximum absolute atomic E-state index is 11.2. The van der Waals surface area contributed by atoms with E-state index in [-0.39, 0.29) is 5.78 Å². The summed E-state index contributed by atoms with van der Waals surface area (Å²) in [5.41, 5.74) is 3.31. The van der Waals surface area contributed by atoms with Gasteiger partial charge in [-0.25, -0.2) is 0 Å². The Hall–Kier alpha value is -1.54. The van der Waals surface area contributed by atoms with Crippen molar-refractivity contribution in [2.45, 2.75) is 37.3 Å². The van der Waals surface area contributed by atoms with Gasteiger partial charge in [-0.1, -0.05) is 50.2 Å². The zero-order chi connectivity index (χ0) is 14.5. The zero-order valence-corrected chi connectivity index (χ0v) is 13.0. The Morgan fingerprint density at radius 1 is 0.950 bits per heavy atom. The van der Waals surface area contributed by atoms with Gasteiger partial charge in [-0.15, -0.1) is 11.8 Å². The molecule has 0 heterocycles. The van der Waals surface area contributed by atoms with E-state index in [4.69, 9.17) is 0 Å². The van der Waals surface area contributed by atoms with Crippen molar-refractivity contribution >= 4 is 17.5 Å². The SMILES string of the molecule is CC(=O)c1ccc(Cc2ccc(SC(C)C)cc2)cc1. The molecule has 0 N–H and O–H groups in total. The van der Waals surface area contributed by atoms with E-state index in [1.807, 2.05) is 36.0 Å². The number of rotatable bonds is 5. The van der Waals surface area contributed by atoms with Gasteiger partial charge in [0.2, 0.25) is 0 Å². The molecule has 20 heavy (non-hydrogen) atoms. The standard InChI is InChI=1S/C18H20OS/c1-13(2)20-18-10-6-16(7-11-18)12-15-4-8-17(9-5-15)14(3)19/h4-11,13H,12H2,1-3H3. The highest BCUT2D eigenvalue weighted by Gasteiger charge is 2.02. The van der Waals surface area contributed by atoms with Crippen LogP contribution in [-0.4, -0.2) is 11.0 Å². The molecule has 2 aromatic carbocycles. The maximum Gasteiger partial charge on any atom is 0.159 e. The van der Waals surface area contributed by atoms with Crippen LogP contribution in [0.1, 0.15) is 42.3 Å². The largest absolute Gasteiger partial charge is 0.295 e. The van der Waals surface area contributed by atoms with E-state index >= 15 is 0 Å². The first-order valence-corrected chi connectivity index (χ1v) is 7.78. The van der Waals surface area contributed by atoms with Crippen LogP contribution in [0.4, 0.5) is 0 Å². The predicted molar refractivity (Wildman–Crippen MR) is 86.7 cm³/mol. The van der Waals surface area contributed by atoms with E-state index in [2.05, 4.69) is 38.1 Å². The lowest BCUT2D eigenvalue weighted by molar-refractivity contribution is 0.101. The summed E-state index contributed by atoms with van der Waals surface area (Å²) in [6.45, 7) is 6.00. The summed E-state index contributed by atoms with van der Waals surface area (Å²) in [7, 11) is 0. The lowest BCUT2D eigenvalue weighted by atomic mass is 10.0. The summed E-state index contributed by atoms with van der Waals surface area (Å²) < 4.78 is 0. The summed E-state index contributed by atoms with van der Waals surface area (Å²) in [6, 6.07) is 16.6. The van der Waals surface area contributed by atoms with Gasteiger partial charge in [0.1, 0.15) is 0 Å². The topological polar surface area (TPSA) is 17.1 Å². The molecule has 0 bridgehead atoms. The summed E-state index contributed by atoms with van der Waals surface area (Å²) >= 11 is 1.88. The average molecular weight is 284 g/mol. The highest BCUT2D eigenvalue weighted by molar-refractivity contribution is 7.99. The first kappa shape index (κ1) is 14.9. The van der Waals surface area contributed by atoms with Crippen molar-refractivity contribution in [3.05, 3.63) is 65.2 Å². The van der Waals surface area contributed by atoms with Crippen molar-refractivity contribution in [1.29, 1.82) is 0 Å². The van der Waals surface area contributed by atoms with Crippen molar-refractivity contribution in [2.24, 2.45) is 0 Å². The zero-order valence-electron chi connectivity index (χ0n) is 12.2. The van der Waals surface area contributed by atoms with Gasteiger partial charge in [-0.3, -0.25) is 4.79 Å². The minimum Gasteiger partial charge on any atom is -0.295 e. The van der Waals surface area contributed by atoms with E-state index in [1.54, 1.807) is 6.92 Å². The van der Waals surface area contributed by atoms with Gasteiger partial charge in [0.15, 0.2) is 5.78 Å². The van der Waals surface area contributed by atoms with Gasteiger partial charge in [0.25, 0.3) is 0 Å². The third kappa shape index (κ3) is 4.24. The Bertz CT molecular complexity index is 567. The smallest absolute Gasteiger partial charge is 0.159 e. The maximum atomic E-state index is 11.2. The minimum atomic E-state index is 0.117. The monoisotopic (exact) mass is 284 g/mol. The van der Waals surface area contributed by atoms with Crippen LogP contribution < -0.4 is 0 Å². The lowest BCUT2D eigenvalue weighted by Gasteiger charge is -2.07. The normalized spacial score (nSPS) is 10.8. The Balaban J connectivity index is 2.04. The Kier molecular flexibility index (Phi) is 5.02. The third-order valence-corrected chi connectivity index (χ3v) is 4.08. The van der Waals surface area contributed by atoms with Gasteiger partial charge in [-0.2, -0.15) is 0 Å². The van der Waals surface area contributed by atoms with E-state index < -0.39 is 0 Å². The van der Waals surface area contributed by atoms with E-state index in [9.17, 15) is 4.79 Å². The van der Waals surface area contributed by atoms with Crippen LogP contribution in [0.3, 0.4) is 0 Å². The Morgan fingerprint density at radius 3 is 1.90 bits per heavy atom. The van der Waals surface area contributed by atoms with Crippen LogP contribution in [0, 0.1) is 0 Å². The first-order valence-electron chi connectivity index (χ1n) is 6.90. The van der Waals surface area contributed by atoms with Crippen molar-refractivity contribution in [2.75, 3.05) is 0 Å². The van der Waals surface area contributed by atoms with Gasteiger partial charge >= 0.3 is 0 Å². The van der Waals surface area contributed by atoms with Gasteiger partial charge in [0.05, 0.1) is 0 Å². The van der Waals surface area contributed by atoms with Crippen molar-refractivity contribution in [1.82, 2.24) is 0 Å². The fourth-order valence-electron chi connectivity index (χ4n) is 2.05. The number of thioether (sulfide) groups is 1. The molecule has 104 valence electrons. The van der Waals surface area contributed by atoms with Crippen LogP contribution >= 0.6 is 11.8 Å². The van der Waals surface area contributed by atoms with E-state index in [0.717, 1.165) is 12.0 Å².